The monoisotopic (exact) mass is 367 g/mol. The number of fused-ring (bicyclic) bond motifs is 3. The zero-order valence-corrected chi connectivity index (χ0v) is 14.4. The fourth-order valence-electron chi connectivity index (χ4n) is 2.66. The van der Waals surface area contributed by atoms with E-state index in [1.807, 2.05) is 30.5 Å². The maximum atomic E-state index is 10.9. The molecule has 0 radical (unpaired) electrons. The Morgan fingerprint density at radius 2 is 1.92 bits per heavy atom. The van der Waals surface area contributed by atoms with Crippen LogP contribution in [0.1, 0.15) is 11.8 Å². The van der Waals surface area contributed by atoms with Crippen LogP contribution in [-0.2, 0) is 0 Å². The second-order valence-corrected chi connectivity index (χ2v) is 6.26. The number of ether oxygens (including phenoxy) is 1. The van der Waals surface area contributed by atoms with Crippen molar-refractivity contribution in [2.75, 3.05) is 11.6 Å². The van der Waals surface area contributed by atoms with Crippen molar-refractivity contribution in [2.24, 2.45) is 0 Å². The van der Waals surface area contributed by atoms with Crippen LogP contribution in [-0.4, -0.2) is 26.4 Å². The van der Waals surface area contributed by atoms with E-state index in [1.165, 1.54) is 23.9 Å². The van der Waals surface area contributed by atoms with Crippen molar-refractivity contribution >= 4 is 23.1 Å². The van der Waals surface area contributed by atoms with Gasteiger partial charge in [0.15, 0.2) is 11.9 Å². The fourth-order valence-corrected chi connectivity index (χ4v) is 2.95. The molecule has 130 valence electrons. The van der Waals surface area contributed by atoms with Crippen LogP contribution in [0.5, 0.6) is 5.88 Å². The SMILES string of the molecule is CSc1nnc2c(n1)OC(c1ccc([N+](=O)[O-])cc1)Nc1ccccc1-2. The average Bonchev–Trinajstić information content (AvgIpc) is 2.84. The van der Waals surface area contributed by atoms with Gasteiger partial charge < -0.3 is 10.1 Å². The van der Waals surface area contributed by atoms with Gasteiger partial charge in [0.1, 0.15) is 0 Å². The summed E-state index contributed by atoms with van der Waals surface area (Å²) in [5.41, 5.74) is 2.97. The summed E-state index contributed by atoms with van der Waals surface area (Å²) in [5.74, 6) is 0.366. The van der Waals surface area contributed by atoms with Crippen molar-refractivity contribution < 1.29 is 9.66 Å². The summed E-state index contributed by atoms with van der Waals surface area (Å²) < 4.78 is 6.06. The molecule has 0 aliphatic carbocycles. The highest BCUT2D eigenvalue weighted by Crippen LogP contribution is 2.39. The number of para-hydroxylation sites is 1. The van der Waals surface area contributed by atoms with E-state index in [4.69, 9.17) is 4.74 Å². The Morgan fingerprint density at radius 1 is 1.15 bits per heavy atom. The van der Waals surface area contributed by atoms with E-state index in [0.717, 1.165) is 16.8 Å². The molecule has 2 heterocycles. The summed E-state index contributed by atoms with van der Waals surface area (Å²) in [6.45, 7) is 0. The predicted octanol–water partition coefficient (Wildman–Crippen LogP) is 3.67. The van der Waals surface area contributed by atoms with Gasteiger partial charge in [-0.05, 0) is 24.5 Å². The van der Waals surface area contributed by atoms with Gasteiger partial charge in [0.2, 0.25) is 11.0 Å². The Labute approximate surface area is 152 Å². The topological polar surface area (TPSA) is 103 Å². The van der Waals surface area contributed by atoms with Gasteiger partial charge in [-0.2, -0.15) is 4.98 Å². The van der Waals surface area contributed by atoms with E-state index in [0.29, 0.717) is 16.7 Å². The van der Waals surface area contributed by atoms with Gasteiger partial charge >= 0.3 is 0 Å². The third-order valence-corrected chi connectivity index (χ3v) is 4.46. The molecule has 1 aliphatic rings. The maximum absolute atomic E-state index is 10.9. The first-order valence-electron chi connectivity index (χ1n) is 7.71. The number of nitrogens with zero attached hydrogens (tertiary/aromatic N) is 4. The molecule has 1 aromatic heterocycles. The largest absolute Gasteiger partial charge is 0.448 e. The zero-order chi connectivity index (χ0) is 18.1. The number of hydrogen-bond acceptors (Lipinski definition) is 8. The third-order valence-electron chi connectivity index (χ3n) is 3.92. The highest BCUT2D eigenvalue weighted by atomic mass is 32.2. The molecule has 0 saturated carbocycles. The van der Waals surface area contributed by atoms with E-state index in [2.05, 4.69) is 20.5 Å². The normalized spacial score (nSPS) is 15.0. The number of thioether (sulfide) groups is 1. The minimum atomic E-state index is -0.565. The fraction of sp³-hybridized carbons (Fsp3) is 0.118. The Balaban J connectivity index is 1.80. The Bertz CT molecular complexity index is 980. The zero-order valence-electron chi connectivity index (χ0n) is 13.6. The van der Waals surface area contributed by atoms with E-state index >= 15 is 0 Å². The lowest BCUT2D eigenvalue weighted by Crippen LogP contribution is -2.17. The number of rotatable bonds is 3. The van der Waals surface area contributed by atoms with Crippen LogP contribution in [0.3, 0.4) is 0 Å². The number of aromatic nitrogens is 3. The van der Waals surface area contributed by atoms with Gasteiger partial charge in [-0.1, -0.05) is 30.0 Å². The first-order valence-corrected chi connectivity index (χ1v) is 8.94. The van der Waals surface area contributed by atoms with Crippen molar-refractivity contribution in [1.82, 2.24) is 15.2 Å². The molecule has 0 bridgehead atoms. The summed E-state index contributed by atoms with van der Waals surface area (Å²) in [7, 11) is 0. The van der Waals surface area contributed by atoms with E-state index < -0.39 is 11.2 Å². The second kappa shape index (κ2) is 6.60. The second-order valence-electron chi connectivity index (χ2n) is 5.49. The molecule has 9 heteroatoms. The van der Waals surface area contributed by atoms with Crippen LogP contribution < -0.4 is 10.1 Å². The van der Waals surface area contributed by atoms with Crippen molar-refractivity contribution in [3.05, 3.63) is 64.2 Å². The van der Waals surface area contributed by atoms with Crippen molar-refractivity contribution in [3.63, 3.8) is 0 Å². The molecule has 0 fully saturated rings. The van der Waals surface area contributed by atoms with Gasteiger partial charge in [0.05, 0.1) is 4.92 Å². The number of nitro benzene ring substituents is 1. The highest BCUT2D eigenvalue weighted by molar-refractivity contribution is 7.98. The number of nitrogens with one attached hydrogen (secondary N) is 1. The summed E-state index contributed by atoms with van der Waals surface area (Å²) in [4.78, 5) is 14.9. The van der Waals surface area contributed by atoms with Crippen LogP contribution in [0.25, 0.3) is 11.3 Å². The number of benzene rings is 2. The van der Waals surface area contributed by atoms with Crippen molar-refractivity contribution in [2.45, 2.75) is 11.4 Å². The van der Waals surface area contributed by atoms with E-state index in [1.54, 1.807) is 12.1 Å². The molecular weight excluding hydrogens is 354 g/mol. The minimum absolute atomic E-state index is 0.0248. The quantitative estimate of drug-likeness (QED) is 0.425. The number of non-ortho nitro benzene ring substituents is 1. The van der Waals surface area contributed by atoms with Gasteiger partial charge in [0, 0.05) is 28.9 Å². The predicted molar refractivity (Wildman–Crippen MR) is 97.1 cm³/mol. The Kier molecular flexibility index (Phi) is 4.13. The highest BCUT2D eigenvalue weighted by Gasteiger charge is 2.26. The van der Waals surface area contributed by atoms with E-state index in [-0.39, 0.29) is 5.69 Å². The van der Waals surface area contributed by atoms with Gasteiger partial charge in [-0.25, -0.2) is 0 Å². The number of anilines is 1. The summed E-state index contributed by atoms with van der Waals surface area (Å²) in [5, 5.41) is 23.0. The lowest BCUT2D eigenvalue weighted by molar-refractivity contribution is -0.384. The number of nitro groups is 1. The lowest BCUT2D eigenvalue weighted by atomic mass is 10.1. The first kappa shape index (κ1) is 16.3. The average molecular weight is 367 g/mol. The minimum Gasteiger partial charge on any atom is -0.448 e. The molecule has 8 nitrogen and oxygen atoms in total. The molecule has 26 heavy (non-hydrogen) atoms. The molecule has 4 rings (SSSR count). The molecule has 1 unspecified atom stereocenters. The van der Waals surface area contributed by atoms with Crippen molar-refractivity contribution in [1.29, 1.82) is 0 Å². The molecule has 1 atom stereocenters. The molecule has 1 N–H and O–H groups in total. The van der Waals surface area contributed by atoms with Gasteiger partial charge in [-0.3, -0.25) is 10.1 Å². The number of hydrogen-bond donors (Lipinski definition) is 1. The van der Waals surface area contributed by atoms with Crippen molar-refractivity contribution in [3.8, 4) is 17.1 Å². The Morgan fingerprint density at radius 3 is 2.65 bits per heavy atom. The van der Waals surface area contributed by atoms with Crippen LogP contribution in [0, 0.1) is 10.1 Å². The first-order chi connectivity index (χ1) is 12.7. The molecule has 0 amide bonds. The smallest absolute Gasteiger partial charge is 0.269 e. The van der Waals surface area contributed by atoms with Gasteiger partial charge in [0.25, 0.3) is 5.69 Å². The maximum Gasteiger partial charge on any atom is 0.269 e. The van der Waals surface area contributed by atoms with E-state index in [9.17, 15) is 10.1 Å². The lowest BCUT2D eigenvalue weighted by Gasteiger charge is -2.19. The molecule has 1 aliphatic heterocycles. The summed E-state index contributed by atoms with van der Waals surface area (Å²) in [6, 6.07) is 13.9. The molecule has 0 saturated heterocycles. The summed E-state index contributed by atoms with van der Waals surface area (Å²) in [6.07, 6.45) is 1.30. The summed E-state index contributed by atoms with van der Waals surface area (Å²) >= 11 is 1.37. The Hall–Kier alpha value is -3.20. The van der Waals surface area contributed by atoms with Crippen LogP contribution >= 0.6 is 11.8 Å². The van der Waals surface area contributed by atoms with Crippen LogP contribution in [0.4, 0.5) is 11.4 Å². The molecular formula is C17H13N5O3S. The molecule has 2 aromatic carbocycles. The third kappa shape index (κ3) is 2.93. The van der Waals surface area contributed by atoms with Gasteiger partial charge in [-0.15, -0.1) is 10.2 Å². The molecule has 3 aromatic rings. The standard InChI is InChI=1S/C17H13N5O3S/c1-26-17-19-16-14(20-21-17)12-4-2-3-5-13(12)18-15(25-16)10-6-8-11(9-7-10)22(23)24/h2-9,15,18H,1H3. The molecule has 0 spiro atoms. The van der Waals surface area contributed by atoms with Crippen LogP contribution in [0.2, 0.25) is 0 Å². The van der Waals surface area contributed by atoms with Crippen LogP contribution in [0.15, 0.2) is 53.7 Å².